The summed E-state index contributed by atoms with van der Waals surface area (Å²) in [6.07, 6.45) is 1.40. The molecule has 0 bridgehead atoms. The number of hydrogen-bond acceptors (Lipinski definition) is 4. The number of benzene rings is 2. The Hall–Kier alpha value is -3.45. The van der Waals surface area contributed by atoms with Crippen LogP contribution >= 0.6 is 11.6 Å². The fourth-order valence-electron chi connectivity index (χ4n) is 2.76. The Morgan fingerprint density at radius 1 is 1.20 bits per heavy atom. The topological polar surface area (TPSA) is 88.5 Å². The number of ether oxygens (including phenoxy) is 1. The van der Waals surface area contributed by atoms with Gasteiger partial charge in [0.05, 0.1) is 27.9 Å². The molecule has 1 atom stereocenters. The molecule has 0 aliphatic heterocycles. The van der Waals surface area contributed by atoms with Crippen LogP contribution in [0.5, 0.6) is 5.75 Å². The van der Waals surface area contributed by atoms with Gasteiger partial charge in [-0.2, -0.15) is 0 Å². The monoisotopic (exact) mass is 428 g/mol. The molecule has 6 nitrogen and oxygen atoms in total. The molecule has 1 amide bonds. The van der Waals surface area contributed by atoms with Crippen LogP contribution in [0.3, 0.4) is 0 Å². The number of nitrogens with one attached hydrogen (secondary N) is 1. The molecule has 1 unspecified atom stereocenters. The molecule has 3 rings (SSSR count). The van der Waals surface area contributed by atoms with Crippen molar-refractivity contribution in [3.8, 4) is 5.75 Å². The minimum absolute atomic E-state index is 0.0505. The van der Waals surface area contributed by atoms with Gasteiger partial charge in [-0.3, -0.25) is 9.78 Å². The Kier molecular flexibility index (Phi) is 6.64. The number of carbonyl (C=O) groups is 2. The predicted octanol–water partition coefficient (Wildman–Crippen LogP) is 4.64. The fourth-order valence-corrected chi connectivity index (χ4v) is 2.92. The Bertz CT molecular complexity index is 1070. The van der Waals surface area contributed by atoms with Gasteiger partial charge in [-0.25, -0.2) is 9.18 Å². The highest BCUT2D eigenvalue weighted by Crippen LogP contribution is 2.20. The Balaban J connectivity index is 1.74. The summed E-state index contributed by atoms with van der Waals surface area (Å²) < 4.78 is 18.9. The molecule has 8 heteroatoms. The van der Waals surface area contributed by atoms with Crippen molar-refractivity contribution in [1.82, 2.24) is 10.3 Å². The van der Waals surface area contributed by atoms with Gasteiger partial charge < -0.3 is 15.2 Å². The van der Waals surface area contributed by atoms with E-state index in [1.165, 1.54) is 42.6 Å². The van der Waals surface area contributed by atoms with Crippen molar-refractivity contribution in [2.75, 3.05) is 0 Å². The summed E-state index contributed by atoms with van der Waals surface area (Å²) in [7, 11) is 0. The van der Waals surface area contributed by atoms with E-state index >= 15 is 0 Å². The van der Waals surface area contributed by atoms with Gasteiger partial charge in [-0.15, -0.1) is 0 Å². The maximum absolute atomic E-state index is 13.3. The van der Waals surface area contributed by atoms with Crippen LogP contribution in [-0.4, -0.2) is 22.0 Å². The molecular weight excluding hydrogens is 411 g/mol. The zero-order valence-corrected chi connectivity index (χ0v) is 16.7. The van der Waals surface area contributed by atoms with Crippen LogP contribution in [0.4, 0.5) is 4.39 Å². The van der Waals surface area contributed by atoms with E-state index in [4.69, 9.17) is 21.4 Å². The number of carboxylic acids is 1. The van der Waals surface area contributed by atoms with E-state index in [-0.39, 0.29) is 22.8 Å². The molecule has 2 N–H and O–H groups in total. The zero-order valence-electron chi connectivity index (χ0n) is 15.9. The summed E-state index contributed by atoms with van der Waals surface area (Å²) in [6, 6.07) is 13.0. The second kappa shape index (κ2) is 9.37. The quantitative estimate of drug-likeness (QED) is 0.572. The van der Waals surface area contributed by atoms with Crippen LogP contribution in [0.15, 0.2) is 60.8 Å². The van der Waals surface area contributed by atoms with E-state index in [1.807, 2.05) is 0 Å². The number of aromatic nitrogens is 1. The van der Waals surface area contributed by atoms with Crippen LogP contribution in [0.25, 0.3) is 0 Å². The van der Waals surface area contributed by atoms with Crippen molar-refractivity contribution >= 4 is 23.5 Å². The number of rotatable bonds is 7. The second-order valence-corrected chi connectivity index (χ2v) is 6.95. The van der Waals surface area contributed by atoms with Crippen molar-refractivity contribution < 1.29 is 23.8 Å². The molecule has 0 saturated heterocycles. The highest BCUT2D eigenvalue weighted by Gasteiger charge is 2.17. The normalized spacial score (nSPS) is 11.6. The van der Waals surface area contributed by atoms with Gasteiger partial charge in [0, 0.05) is 12.3 Å². The maximum atomic E-state index is 13.3. The number of halogens is 2. The smallest absolute Gasteiger partial charge is 0.335 e. The molecule has 0 fully saturated rings. The van der Waals surface area contributed by atoms with Gasteiger partial charge in [0.15, 0.2) is 0 Å². The predicted molar refractivity (Wildman–Crippen MR) is 109 cm³/mol. The first kappa shape index (κ1) is 21.3. The number of carbonyl (C=O) groups excluding carboxylic acids is 1. The van der Waals surface area contributed by atoms with Crippen molar-refractivity contribution in [2.24, 2.45) is 0 Å². The largest absolute Gasteiger partial charge is 0.487 e. The molecule has 0 aliphatic carbocycles. The average Bonchev–Trinajstić information content (AvgIpc) is 2.72. The minimum Gasteiger partial charge on any atom is -0.487 e. The molecule has 0 aliphatic rings. The van der Waals surface area contributed by atoms with Gasteiger partial charge in [0.1, 0.15) is 18.2 Å². The summed E-state index contributed by atoms with van der Waals surface area (Å²) in [4.78, 5) is 28.0. The van der Waals surface area contributed by atoms with Crippen molar-refractivity contribution in [3.63, 3.8) is 0 Å². The van der Waals surface area contributed by atoms with Crippen LogP contribution in [0, 0.1) is 5.82 Å². The molecule has 1 heterocycles. The first-order chi connectivity index (χ1) is 14.3. The molecular formula is C22H18ClFN2O4. The number of nitrogens with zero attached hydrogens (tertiary/aromatic N) is 1. The summed E-state index contributed by atoms with van der Waals surface area (Å²) in [6.45, 7) is 1.72. The van der Waals surface area contributed by atoms with Crippen molar-refractivity contribution in [1.29, 1.82) is 0 Å². The fraction of sp³-hybridized carbons (Fsp3) is 0.136. The van der Waals surface area contributed by atoms with Crippen molar-refractivity contribution in [2.45, 2.75) is 19.6 Å². The number of carboxylic acid groups (broad SMARTS) is 1. The van der Waals surface area contributed by atoms with Crippen LogP contribution in [0.1, 0.15) is 44.9 Å². The zero-order chi connectivity index (χ0) is 21.7. The summed E-state index contributed by atoms with van der Waals surface area (Å²) >= 11 is 6.01. The molecule has 2 aromatic carbocycles. The number of amides is 1. The third-order valence-electron chi connectivity index (χ3n) is 4.36. The molecule has 30 heavy (non-hydrogen) atoms. The summed E-state index contributed by atoms with van der Waals surface area (Å²) in [5, 5.41) is 12.1. The van der Waals surface area contributed by atoms with Crippen molar-refractivity contribution in [3.05, 3.63) is 94.0 Å². The van der Waals surface area contributed by atoms with E-state index in [2.05, 4.69) is 10.3 Å². The number of hydrogen-bond donors (Lipinski definition) is 2. The molecule has 3 aromatic rings. The van der Waals surface area contributed by atoms with Gasteiger partial charge in [0.25, 0.3) is 5.91 Å². The number of pyridine rings is 1. The standard InChI is InChI=1S/C22H18ClFN2O4/c1-13(14-5-7-15(8-6-14)22(28)29)26-21(27)19-9-16(23)11-25-20(19)12-30-18-4-2-3-17(24)10-18/h2-11,13H,12H2,1H3,(H,26,27)(H,28,29). The molecule has 0 radical (unpaired) electrons. The molecule has 1 aromatic heterocycles. The highest BCUT2D eigenvalue weighted by atomic mass is 35.5. The van der Waals surface area contributed by atoms with Gasteiger partial charge in [0.2, 0.25) is 0 Å². The van der Waals surface area contributed by atoms with E-state index in [0.717, 1.165) is 5.56 Å². The van der Waals surface area contributed by atoms with Crippen LogP contribution < -0.4 is 10.1 Å². The lowest BCUT2D eigenvalue weighted by Gasteiger charge is -2.16. The number of aromatic carboxylic acids is 1. The van der Waals surface area contributed by atoms with E-state index < -0.39 is 23.7 Å². The summed E-state index contributed by atoms with van der Waals surface area (Å²) in [5.74, 6) is -1.56. The lowest BCUT2D eigenvalue weighted by Crippen LogP contribution is -2.28. The first-order valence-corrected chi connectivity index (χ1v) is 9.38. The van der Waals surface area contributed by atoms with Gasteiger partial charge in [-0.1, -0.05) is 29.8 Å². The van der Waals surface area contributed by atoms with E-state index in [1.54, 1.807) is 25.1 Å². The molecule has 154 valence electrons. The Morgan fingerprint density at radius 2 is 1.93 bits per heavy atom. The molecule has 0 spiro atoms. The Labute approximate surface area is 177 Å². The average molecular weight is 429 g/mol. The van der Waals surface area contributed by atoms with E-state index in [0.29, 0.717) is 11.4 Å². The van der Waals surface area contributed by atoms with Gasteiger partial charge >= 0.3 is 5.97 Å². The molecule has 0 saturated carbocycles. The first-order valence-electron chi connectivity index (χ1n) is 9.00. The van der Waals surface area contributed by atoms with Crippen LogP contribution in [-0.2, 0) is 6.61 Å². The lowest BCUT2D eigenvalue weighted by molar-refractivity contribution is 0.0696. The van der Waals surface area contributed by atoms with Crippen LogP contribution in [0.2, 0.25) is 5.02 Å². The SMILES string of the molecule is CC(NC(=O)c1cc(Cl)cnc1COc1cccc(F)c1)c1ccc(C(=O)O)cc1. The van der Waals surface area contributed by atoms with Gasteiger partial charge in [-0.05, 0) is 42.8 Å². The maximum Gasteiger partial charge on any atom is 0.335 e. The highest BCUT2D eigenvalue weighted by molar-refractivity contribution is 6.30. The summed E-state index contributed by atoms with van der Waals surface area (Å²) in [5.41, 5.74) is 1.47. The third kappa shape index (κ3) is 5.33. The minimum atomic E-state index is -1.02. The lowest BCUT2D eigenvalue weighted by atomic mass is 10.1. The third-order valence-corrected chi connectivity index (χ3v) is 4.57. The van der Waals surface area contributed by atoms with E-state index in [9.17, 15) is 14.0 Å². The Morgan fingerprint density at radius 3 is 2.60 bits per heavy atom. The second-order valence-electron chi connectivity index (χ2n) is 6.52.